The molecule has 7 heteroatoms. The number of fused-ring (bicyclic) bond motifs is 1. The maximum Gasteiger partial charge on any atom is 0.236 e. The fourth-order valence-corrected chi connectivity index (χ4v) is 3.96. The van der Waals surface area contributed by atoms with Gasteiger partial charge >= 0.3 is 0 Å². The lowest BCUT2D eigenvalue weighted by atomic mass is 10.0. The number of nitrogens with one attached hydrogen (secondary N) is 1. The molecule has 0 bridgehead atoms. The molecule has 7 nitrogen and oxygen atoms in total. The zero-order chi connectivity index (χ0) is 22.6. The molecular weight excluding hydrogens is 392 g/mol. The monoisotopic (exact) mass is 426 g/mol. The van der Waals surface area contributed by atoms with E-state index in [1.807, 2.05) is 68.0 Å². The van der Waals surface area contributed by atoms with Crippen LogP contribution in [0.25, 0.3) is 10.8 Å². The van der Waals surface area contributed by atoms with Crippen LogP contribution >= 0.6 is 0 Å². The molecule has 2 amide bonds. The molecule has 1 aliphatic heterocycles. The molecule has 2 aromatic carbocycles. The normalized spacial score (nSPS) is 15.5. The number of hydrogen-bond acceptors (Lipinski definition) is 5. The summed E-state index contributed by atoms with van der Waals surface area (Å²) in [6, 6.07) is 11.6. The highest BCUT2D eigenvalue weighted by Crippen LogP contribution is 2.28. The van der Waals surface area contributed by atoms with Crippen LogP contribution < -0.4 is 5.32 Å². The Balaban J connectivity index is 1.50. The van der Waals surface area contributed by atoms with E-state index in [0.29, 0.717) is 39.3 Å². The average Bonchev–Trinajstić information content (AvgIpc) is 2.69. The summed E-state index contributed by atoms with van der Waals surface area (Å²) in [4.78, 5) is 30.8. The molecule has 0 aliphatic carbocycles. The number of phenols is 1. The second kappa shape index (κ2) is 9.66. The Morgan fingerprint density at radius 2 is 1.74 bits per heavy atom. The van der Waals surface area contributed by atoms with Crippen molar-refractivity contribution in [2.24, 2.45) is 0 Å². The van der Waals surface area contributed by atoms with E-state index >= 15 is 0 Å². The van der Waals surface area contributed by atoms with Crippen molar-refractivity contribution in [2.45, 2.75) is 32.9 Å². The molecule has 1 fully saturated rings. The first-order valence-corrected chi connectivity index (χ1v) is 10.8. The number of carbonyl (C=O) groups excluding carboxylic acids is 2. The molecule has 0 aromatic heterocycles. The molecule has 1 heterocycles. The summed E-state index contributed by atoms with van der Waals surface area (Å²) in [5, 5.41) is 15.4. The number of likely N-dealkylation sites (N-methyl/N-ethyl adjacent to an activating group) is 1. The molecule has 0 atom stereocenters. The summed E-state index contributed by atoms with van der Waals surface area (Å²) >= 11 is 0. The number of aromatic hydroxyl groups is 1. The molecule has 0 radical (unpaired) electrons. The third-order valence-electron chi connectivity index (χ3n) is 5.46. The zero-order valence-electron chi connectivity index (χ0n) is 19.0. The number of phenolic OH excluding ortho intramolecular Hbond substituents is 1. The van der Waals surface area contributed by atoms with Crippen LogP contribution in [0.15, 0.2) is 36.4 Å². The smallest absolute Gasteiger partial charge is 0.236 e. The van der Waals surface area contributed by atoms with E-state index in [9.17, 15) is 14.7 Å². The number of nitrogens with zero attached hydrogens (tertiary/aromatic N) is 3. The minimum absolute atomic E-state index is 0.0157. The minimum atomic E-state index is -0.238. The quantitative estimate of drug-likeness (QED) is 0.739. The molecule has 168 valence electrons. The summed E-state index contributed by atoms with van der Waals surface area (Å²) in [5.74, 6) is 0.336. The first-order valence-electron chi connectivity index (χ1n) is 10.8. The van der Waals surface area contributed by atoms with Crippen LogP contribution in [-0.4, -0.2) is 83.5 Å². The van der Waals surface area contributed by atoms with Gasteiger partial charge in [-0.15, -0.1) is 0 Å². The molecular formula is C24H34N4O3. The Bertz CT molecular complexity index is 930. The highest BCUT2D eigenvalue weighted by molar-refractivity contribution is 5.87. The maximum absolute atomic E-state index is 12.8. The van der Waals surface area contributed by atoms with Gasteiger partial charge in [0.25, 0.3) is 0 Å². The third kappa shape index (κ3) is 6.42. The van der Waals surface area contributed by atoms with Crippen LogP contribution in [0.1, 0.15) is 26.3 Å². The van der Waals surface area contributed by atoms with Crippen molar-refractivity contribution in [3.05, 3.63) is 42.0 Å². The summed E-state index contributed by atoms with van der Waals surface area (Å²) < 4.78 is 0. The third-order valence-corrected chi connectivity index (χ3v) is 5.46. The molecule has 31 heavy (non-hydrogen) atoms. The SMILES string of the molecule is CN(CC(=O)N1CCN(CC(=O)NC(C)(C)C)CC1)Cc1c(O)ccc2ccccc12. The predicted octanol–water partition coefficient (Wildman–Crippen LogP) is 2.04. The Morgan fingerprint density at radius 1 is 1.06 bits per heavy atom. The topological polar surface area (TPSA) is 76.1 Å². The Morgan fingerprint density at radius 3 is 2.42 bits per heavy atom. The van der Waals surface area contributed by atoms with E-state index in [4.69, 9.17) is 0 Å². The van der Waals surface area contributed by atoms with Crippen LogP contribution in [0.5, 0.6) is 5.75 Å². The Kier molecular flexibility index (Phi) is 7.18. The van der Waals surface area contributed by atoms with E-state index in [2.05, 4.69) is 10.2 Å². The van der Waals surface area contributed by atoms with E-state index < -0.39 is 0 Å². The largest absolute Gasteiger partial charge is 0.508 e. The highest BCUT2D eigenvalue weighted by atomic mass is 16.3. The lowest BCUT2D eigenvalue weighted by Gasteiger charge is -2.35. The van der Waals surface area contributed by atoms with Gasteiger partial charge in [-0.2, -0.15) is 0 Å². The van der Waals surface area contributed by atoms with E-state index in [1.54, 1.807) is 6.07 Å². The van der Waals surface area contributed by atoms with E-state index in [1.165, 1.54) is 0 Å². The summed E-state index contributed by atoms with van der Waals surface area (Å²) in [5.41, 5.74) is 0.598. The molecule has 3 rings (SSSR count). The first-order chi connectivity index (χ1) is 14.6. The van der Waals surface area contributed by atoms with Gasteiger partial charge in [0.15, 0.2) is 0 Å². The second-order valence-electron chi connectivity index (χ2n) is 9.41. The number of hydrogen-bond donors (Lipinski definition) is 2. The molecule has 0 saturated carbocycles. The van der Waals surface area contributed by atoms with Gasteiger partial charge in [0, 0.05) is 43.8 Å². The van der Waals surface area contributed by atoms with Crippen LogP contribution in [0.3, 0.4) is 0 Å². The number of amides is 2. The number of carbonyl (C=O) groups is 2. The number of piperazine rings is 1. The first kappa shape index (κ1) is 23.0. The fraction of sp³-hybridized carbons (Fsp3) is 0.500. The van der Waals surface area contributed by atoms with Crippen molar-refractivity contribution >= 4 is 22.6 Å². The van der Waals surface area contributed by atoms with Gasteiger partial charge in [-0.25, -0.2) is 0 Å². The van der Waals surface area contributed by atoms with Gasteiger partial charge in [0.1, 0.15) is 5.75 Å². The van der Waals surface area contributed by atoms with Crippen LogP contribution in [0.4, 0.5) is 0 Å². The summed E-state index contributed by atoms with van der Waals surface area (Å²) in [6.45, 7) is 9.67. The molecule has 2 aromatic rings. The van der Waals surface area contributed by atoms with Gasteiger partial charge in [0.2, 0.25) is 11.8 Å². The van der Waals surface area contributed by atoms with E-state index in [-0.39, 0.29) is 29.6 Å². The van der Waals surface area contributed by atoms with Crippen molar-refractivity contribution in [3.63, 3.8) is 0 Å². The molecule has 1 aliphatic rings. The van der Waals surface area contributed by atoms with Crippen molar-refractivity contribution in [3.8, 4) is 5.75 Å². The van der Waals surface area contributed by atoms with Crippen molar-refractivity contribution < 1.29 is 14.7 Å². The van der Waals surface area contributed by atoms with E-state index in [0.717, 1.165) is 16.3 Å². The van der Waals surface area contributed by atoms with Gasteiger partial charge < -0.3 is 15.3 Å². The Hall–Kier alpha value is -2.64. The molecule has 1 saturated heterocycles. The van der Waals surface area contributed by atoms with Gasteiger partial charge in [-0.1, -0.05) is 30.3 Å². The lowest BCUT2D eigenvalue weighted by Crippen LogP contribution is -2.54. The minimum Gasteiger partial charge on any atom is -0.508 e. The molecule has 2 N–H and O–H groups in total. The maximum atomic E-state index is 12.8. The van der Waals surface area contributed by atoms with Crippen molar-refractivity contribution in [1.82, 2.24) is 20.0 Å². The van der Waals surface area contributed by atoms with Gasteiger partial charge in [-0.05, 0) is 44.7 Å². The average molecular weight is 427 g/mol. The van der Waals surface area contributed by atoms with Crippen LogP contribution in [-0.2, 0) is 16.1 Å². The van der Waals surface area contributed by atoms with Gasteiger partial charge in [-0.3, -0.25) is 19.4 Å². The van der Waals surface area contributed by atoms with Crippen molar-refractivity contribution in [1.29, 1.82) is 0 Å². The fourth-order valence-electron chi connectivity index (χ4n) is 3.96. The Labute approximate surface area is 184 Å². The zero-order valence-corrected chi connectivity index (χ0v) is 19.0. The number of rotatable bonds is 6. The van der Waals surface area contributed by atoms with Crippen LogP contribution in [0.2, 0.25) is 0 Å². The van der Waals surface area contributed by atoms with Crippen LogP contribution in [0, 0.1) is 0 Å². The second-order valence-corrected chi connectivity index (χ2v) is 9.41. The summed E-state index contributed by atoms with van der Waals surface area (Å²) in [6.07, 6.45) is 0. The molecule has 0 spiro atoms. The lowest BCUT2D eigenvalue weighted by molar-refractivity contribution is -0.134. The predicted molar refractivity (Wildman–Crippen MR) is 123 cm³/mol. The standard InChI is InChI=1S/C24H34N4O3/c1-24(2,3)25-22(30)16-27-11-13-28(14-12-27)23(31)17-26(4)15-20-19-8-6-5-7-18(19)9-10-21(20)29/h5-10,29H,11-17H2,1-4H3,(H,25,30). The van der Waals surface area contributed by atoms with Gasteiger partial charge in [0.05, 0.1) is 13.1 Å². The highest BCUT2D eigenvalue weighted by Gasteiger charge is 2.24. The number of benzene rings is 2. The molecule has 0 unspecified atom stereocenters. The van der Waals surface area contributed by atoms with Crippen molar-refractivity contribution in [2.75, 3.05) is 46.3 Å². The summed E-state index contributed by atoms with van der Waals surface area (Å²) in [7, 11) is 1.90.